The zero-order valence-electron chi connectivity index (χ0n) is 13.6. The Morgan fingerprint density at radius 3 is 2.21 bits per heavy atom. The van der Waals surface area contributed by atoms with Crippen LogP contribution in [0.15, 0.2) is 30.3 Å². The molecule has 0 amide bonds. The van der Waals surface area contributed by atoms with E-state index in [0.717, 1.165) is 37.5 Å². The average Bonchev–Trinajstić information content (AvgIpc) is 2.59. The van der Waals surface area contributed by atoms with Crippen LogP contribution < -0.4 is 4.74 Å². The predicted octanol–water partition coefficient (Wildman–Crippen LogP) is 5.34. The lowest BCUT2D eigenvalue weighted by molar-refractivity contribution is 0.339. The first kappa shape index (κ1) is 16.8. The molecule has 1 aromatic carbocycles. The van der Waals surface area contributed by atoms with E-state index in [0.29, 0.717) is 12.5 Å². The third-order valence-electron chi connectivity index (χ3n) is 4.74. The number of halogens is 3. The lowest BCUT2D eigenvalue weighted by Gasteiger charge is -2.29. The molecule has 0 radical (unpaired) electrons. The van der Waals surface area contributed by atoms with Gasteiger partial charge in [0.25, 0.3) is 5.95 Å². The molecule has 1 fully saturated rings. The van der Waals surface area contributed by atoms with Gasteiger partial charge < -0.3 is 4.74 Å². The summed E-state index contributed by atoms with van der Waals surface area (Å²) in [5, 5.41) is 0. The monoisotopic (exact) mass is 335 g/mol. The molecule has 1 aliphatic rings. The van der Waals surface area contributed by atoms with E-state index in [4.69, 9.17) is 4.74 Å². The lowest BCUT2D eigenvalue weighted by Crippen LogP contribution is -2.14. The quantitative estimate of drug-likeness (QED) is 0.704. The molecule has 2 aromatic rings. The molecule has 24 heavy (non-hydrogen) atoms. The van der Waals surface area contributed by atoms with E-state index in [1.165, 1.54) is 5.56 Å². The Morgan fingerprint density at radius 1 is 0.958 bits per heavy atom. The summed E-state index contributed by atoms with van der Waals surface area (Å²) < 4.78 is 45.6. The third kappa shape index (κ3) is 3.55. The second kappa shape index (κ2) is 7.24. The van der Waals surface area contributed by atoms with Crippen LogP contribution >= 0.6 is 0 Å². The molecule has 3 rings (SSSR count). The minimum absolute atomic E-state index is 0.105. The summed E-state index contributed by atoms with van der Waals surface area (Å²) in [6.07, 6.45) is 3.25. The fourth-order valence-corrected chi connectivity index (χ4v) is 3.49. The molecule has 1 aromatic heterocycles. The normalized spacial score (nSPS) is 20.8. The fourth-order valence-electron chi connectivity index (χ4n) is 3.49. The molecule has 0 atom stereocenters. The molecular weight excluding hydrogens is 315 g/mol. The maximum Gasteiger partial charge on any atom is 0.251 e. The molecule has 0 bridgehead atoms. The Bertz CT molecular complexity index is 695. The SMILES string of the molecule is CCOc1ccc([C@H]2CC[C@H](c3cc(F)c(F)nc3F)CC2)cc1. The molecule has 5 heteroatoms. The first-order chi connectivity index (χ1) is 11.6. The molecule has 0 saturated heterocycles. The van der Waals surface area contributed by atoms with Crippen LogP contribution in [0.25, 0.3) is 0 Å². The minimum atomic E-state index is -1.38. The van der Waals surface area contributed by atoms with Gasteiger partial charge in [-0.15, -0.1) is 0 Å². The van der Waals surface area contributed by atoms with Gasteiger partial charge in [0.1, 0.15) is 5.75 Å². The van der Waals surface area contributed by atoms with Gasteiger partial charge in [-0.25, -0.2) is 4.39 Å². The minimum Gasteiger partial charge on any atom is -0.494 e. The van der Waals surface area contributed by atoms with Gasteiger partial charge in [0.2, 0.25) is 5.95 Å². The van der Waals surface area contributed by atoms with E-state index in [9.17, 15) is 13.2 Å². The smallest absolute Gasteiger partial charge is 0.251 e. The molecule has 0 N–H and O–H groups in total. The molecule has 1 heterocycles. The van der Waals surface area contributed by atoms with Crippen LogP contribution in [0.1, 0.15) is 55.6 Å². The highest BCUT2D eigenvalue weighted by Gasteiger charge is 2.27. The van der Waals surface area contributed by atoms with E-state index in [2.05, 4.69) is 17.1 Å². The zero-order chi connectivity index (χ0) is 17.1. The molecule has 1 saturated carbocycles. The van der Waals surface area contributed by atoms with Crippen molar-refractivity contribution in [1.29, 1.82) is 0 Å². The summed E-state index contributed by atoms with van der Waals surface area (Å²) >= 11 is 0. The van der Waals surface area contributed by atoms with Crippen molar-refractivity contribution in [2.45, 2.75) is 44.4 Å². The first-order valence-corrected chi connectivity index (χ1v) is 8.32. The van der Waals surface area contributed by atoms with E-state index >= 15 is 0 Å². The van der Waals surface area contributed by atoms with Crippen LogP contribution in [0, 0.1) is 17.7 Å². The summed E-state index contributed by atoms with van der Waals surface area (Å²) in [5.74, 6) is -2.20. The zero-order valence-corrected chi connectivity index (χ0v) is 13.6. The highest BCUT2D eigenvalue weighted by molar-refractivity contribution is 5.30. The molecule has 128 valence electrons. The van der Waals surface area contributed by atoms with Crippen LogP contribution in [0.5, 0.6) is 5.75 Å². The summed E-state index contributed by atoms with van der Waals surface area (Å²) in [6.45, 7) is 2.58. The van der Waals surface area contributed by atoms with Crippen LogP contribution in [0.3, 0.4) is 0 Å². The van der Waals surface area contributed by atoms with Crippen LogP contribution in [-0.2, 0) is 0 Å². The summed E-state index contributed by atoms with van der Waals surface area (Å²) in [5.41, 5.74) is 1.43. The Labute approximate surface area is 139 Å². The summed E-state index contributed by atoms with van der Waals surface area (Å²) in [4.78, 5) is 3.03. The number of nitrogens with zero attached hydrogens (tertiary/aromatic N) is 1. The first-order valence-electron chi connectivity index (χ1n) is 8.32. The number of hydrogen-bond acceptors (Lipinski definition) is 2. The third-order valence-corrected chi connectivity index (χ3v) is 4.74. The highest BCUT2D eigenvalue weighted by Crippen LogP contribution is 2.41. The molecule has 2 nitrogen and oxygen atoms in total. The number of pyridine rings is 1. The Kier molecular flexibility index (Phi) is 5.07. The molecule has 0 spiro atoms. The van der Waals surface area contributed by atoms with Gasteiger partial charge in [0.15, 0.2) is 5.82 Å². The molecule has 1 aliphatic carbocycles. The van der Waals surface area contributed by atoms with Crippen LogP contribution in [0.2, 0.25) is 0 Å². The topological polar surface area (TPSA) is 22.1 Å². The maximum atomic E-state index is 13.8. The van der Waals surface area contributed by atoms with Crippen molar-refractivity contribution in [3.05, 3.63) is 59.2 Å². The standard InChI is InChI=1S/C19H20F3NO/c1-2-24-15-9-7-13(8-10-15)12-3-5-14(6-4-12)16-11-17(20)19(22)23-18(16)21/h7-12,14H,2-6H2,1H3/t12-,14-. The van der Waals surface area contributed by atoms with Gasteiger partial charge in [-0.3, -0.25) is 0 Å². The van der Waals surface area contributed by atoms with E-state index in [-0.39, 0.29) is 11.5 Å². The van der Waals surface area contributed by atoms with Crippen molar-refractivity contribution in [1.82, 2.24) is 4.98 Å². The van der Waals surface area contributed by atoms with Crippen molar-refractivity contribution >= 4 is 0 Å². The van der Waals surface area contributed by atoms with Crippen molar-refractivity contribution in [3.63, 3.8) is 0 Å². The molecule has 0 aliphatic heterocycles. The van der Waals surface area contributed by atoms with Crippen LogP contribution in [0.4, 0.5) is 13.2 Å². The number of aromatic nitrogens is 1. The van der Waals surface area contributed by atoms with Crippen molar-refractivity contribution in [3.8, 4) is 5.75 Å². The van der Waals surface area contributed by atoms with Gasteiger partial charge in [-0.2, -0.15) is 13.8 Å². The summed E-state index contributed by atoms with van der Waals surface area (Å²) in [7, 11) is 0. The highest BCUT2D eigenvalue weighted by atomic mass is 19.2. The van der Waals surface area contributed by atoms with Crippen molar-refractivity contribution < 1.29 is 17.9 Å². The number of ether oxygens (including phenoxy) is 1. The number of hydrogen-bond donors (Lipinski definition) is 0. The van der Waals surface area contributed by atoms with E-state index in [1.54, 1.807) is 0 Å². The van der Waals surface area contributed by atoms with Gasteiger partial charge in [0, 0.05) is 5.56 Å². The second-order valence-electron chi connectivity index (χ2n) is 6.19. The number of rotatable bonds is 4. The van der Waals surface area contributed by atoms with Gasteiger partial charge in [0.05, 0.1) is 6.61 Å². The maximum absolute atomic E-state index is 13.8. The fraction of sp³-hybridized carbons (Fsp3) is 0.421. The second-order valence-corrected chi connectivity index (χ2v) is 6.19. The lowest BCUT2D eigenvalue weighted by atomic mass is 9.76. The Balaban J connectivity index is 1.66. The average molecular weight is 335 g/mol. The Morgan fingerprint density at radius 2 is 1.58 bits per heavy atom. The van der Waals surface area contributed by atoms with Crippen molar-refractivity contribution in [2.75, 3.05) is 6.61 Å². The molecular formula is C19H20F3NO. The number of benzene rings is 1. The summed E-state index contributed by atoms with van der Waals surface area (Å²) in [6, 6.07) is 9.01. The van der Waals surface area contributed by atoms with E-state index < -0.39 is 17.7 Å². The largest absolute Gasteiger partial charge is 0.494 e. The van der Waals surface area contributed by atoms with Crippen LogP contribution in [-0.4, -0.2) is 11.6 Å². The van der Waals surface area contributed by atoms with Gasteiger partial charge in [-0.1, -0.05) is 12.1 Å². The molecule has 0 unspecified atom stereocenters. The van der Waals surface area contributed by atoms with E-state index in [1.807, 2.05) is 19.1 Å². The van der Waals surface area contributed by atoms with Crippen molar-refractivity contribution in [2.24, 2.45) is 0 Å². The van der Waals surface area contributed by atoms with Gasteiger partial charge in [-0.05, 0) is 68.2 Å². The van der Waals surface area contributed by atoms with Gasteiger partial charge >= 0.3 is 0 Å². The predicted molar refractivity (Wildman–Crippen MR) is 85.7 cm³/mol. The Hall–Kier alpha value is -2.04.